The second-order valence-corrected chi connectivity index (χ2v) is 6.32. The molecule has 0 aliphatic carbocycles. The molecule has 0 saturated heterocycles. The Hall–Kier alpha value is -1.63. The van der Waals surface area contributed by atoms with Crippen molar-refractivity contribution in [1.29, 1.82) is 0 Å². The lowest BCUT2D eigenvalue weighted by Gasteiger charge is -2.13. The van der Waals surface area contributed by atoms with Gasteiger partial charge in [-0.2, -0.15) is 0 Å². The van der Waals surface area contributed by atoms with Crippen LogP contribution in [0.4, 0.5) is 0 Å². The van der Waals surface area contributed by atoms with Crippen molar-refractivity contribution in [3.8, 4) is 0 Å². The van der Waals surface area contributed by atoms with Gasteiger partial charge in [-0.25, -0.2) is 13.1 Å². The lowest BCUT2D eigenvalue weighted by Crippen LogP contribution is -2.26. The van der Waals surface area contributed by atoms with Crippen LogP contribution in [0.25, 0.3) is 0 Å². The fraction of sp³-hybridized carbons (Fsp3) is 0.286. The Bertz CT molecular complexity index is 675. The lowest BCUT2D eigenvalue weighted by molar-refractivity contribution is 0.411. The van der Waals surface area contributed by atoms with Crippen molar-refractivity contribution >= 4 is 10.0 Å². The molecule has 20 heavy (non-hydrogen) atoms. The highest BCUT2D eigenvalue weighted by Crippen LogP contribution is 2.19. The summed E-state index contributed by atoms with van der Waals surface area (Å²) >= 11 is 0. The maximum atomic E-state index is 12.2. The van der Waals surface area contributed by atoms with E-state index in [1.165, 1.54) is 6.07 Å². The number of hydrogen-bond donors (Lipinski definition) is 2. The first-order chi connectivity index (χ1) is 9.42. The van der Waals surface area contributed by atoms with Crippen molar-refractivity contribution in [2.75, 3.05) is 0 Å². The monoisotopic (exact) mass is 294 g/mol. The van der Waals surface area contributed by atoms with Gasteiger partial charge in [0.1, 0.15) is 5.76 Å². The quantitative estimate of drug-likeness (QED) is 0.884. The zero-order valence-electron chi connectivity index (χ0n) is 11.5. The number of benzene rings is 1. The molecule has 0 aliphatic heterocycles. The maximum Gasteiger partial charge on any atom is 0.274 e. The molecule has 1 atom stereocenters. The number of sulfonamides is 1. The summed E-state index contributed by atoms with van der Waals surface area (Å²) in [6, 6.07) is 10.3. The Labute approximate surface area is 118 Å². The van der Waals surface area contributed by atoms with Gasteiger partial charge in [0.2, 0.25) is 5.09 Å². The summed E-state index contributed by atoms with van der Waals surface area (Å²) in [6.07, 6.45) is 0. The SMILES string of the molecule is Cc1ccc(C(C)NS(=O)(=O)c2ccc(CN)o2)cc1. The number of nitrogens with one attached hydrogen (secondary N) is 1. The van der Waals surface area contributed by atoms with Gasteiger partial charge in [-0.05, 0) is 31.5 Å². The van der Waals surface area contributed by atoms with Gasteiger partial charge in [-0.3, -0.25) is 0 Å². The van der Waals surface area contributed by atoms with Crippen molar-refractivity contribution < 1.29 is 12.8 Å². The van der Waals surface area contributed by atoms with E-state index in [4.69, 9.17) is 10.2 Å². The van der Waals surface area contributed by atoms with Crippen LogP contribution in [0.1, 0.15) is 29.9 Å². The van der Waals surface area contributed by atoms with E-state index in [1.807, 2.05) is 31.2 Å². The van der Waals surface area contributed by atoms with E-state index >= 15 is 0 Å². The number of hydrogen-bond acceptors (Lipinski definition) is 4. The number of furan rings is 1. The fourth-order valence-corrected chi connectivity index (χ4v) is 3.01. The van der Waals surface area contributed by atoms with E-state index in [0.29, 0.717) is 5.76 Å². The van der Waals surface area contributed by atoms with Crippen LogP contribution in [0.2, 0.25) is 0 Å². The minimum absolute atomic E-state index is 0.114. The second kappa shape index (κ2) is 5.78. The van der Waals surface area contributed by atoms with Gasteiger partial charge in [0.05, 0.1) is 6.54 Å². The van der Waals surface area contributed by atoms with Gasteiger partial charge < -0.3 is 10.2 Å². The van der Waals surface area contributed by atoms with Crippen LogP contribution >= 0.6 is 0 Å². The number of aryl methyl sites for hydroxylation is 1. The second-order valence-electron chi connectivity index (χ2n) is 4.68. The summed E-state index contributed by atoms with van der Waals surface area (Å²) in [7, 11) is -3.68. The first kappa shape index (κ1) is 14.8. The van der Waals surface area contributed by atoms with E-state index < -0.39 is 10.0 Å². The van der Waals surface area contributed by atoms with E-state index in [2.05, 4.69) is 4.72 Å². The molecule has 0 saturated carbocycles. The van der Waals surface area contributed by atoms with Crippen molar-refractivity contribution in [3.63, 3.8) is 0 Å². The smallest absolute Gasteiger partial charge is 0.274 e. The van der Waals surface area contributed by atoms with Crippen LogP contribution in [-0.2, 0) is 16.6 Å². The highest BCUT2D eigenvalue weighted by Gasteiger charge is 2.21. The summed E-state index contributed by atoms with van der Waals surface area (Å²) < 4.78 is 32.1. The summed E-state index contributed by atoms with van der Waals surface area (Å²) in [5.41, 5.74) is 7.42. The minimum Gasteiger partial charge on any atom is -0.447 e. The standard InChI is InChI=1S/C14H18N2O3S/c1-10-3-5-12(6-4-10)11(2)16-20(17,18)14-8-7-13(9-15)19-14/h3-8,11,16H,9,15H2,1-2H3. The topological polar surface area (TPSA) is 85.3 Å². The molecule has 5 nitrogen and oxygen atoms in total. The van der Waals surface area contributed by atoms with E-state index in [0.717, 1.165) is 11.1 Å². The Morgan fingerprint density at radius 2 is 1.85 bits per heavy atom. The van der Waals surface area contributed by atoms with Gasteiger partial charge >= 0.3 is 0 Å². The summed E-state index contributed by atoms with van der Waals surface area (Å²) in [4.78, 5) is 0. The molecule has 1 unspecified atom stereocenters. The van der Waals surface area contributed by atoms with E-state index in [-0.39, 0.29) is 17.7 Å². The molecule has 0 radical (unpaired) electrons. The molecule has 0 bridgehead atoms. The summed E-state index contributed by atoms with van der Waals surface area (Å²) in [5, 5.41) is -0.114. The third-order valence-electron chi connectivity index (χ3n) is 3.01. The van der Waals surface area contributed by atoms with Crippen molar-refractivity contribution in [2.45, 2.75) is 31.5 Å². The molecule has 0 amide bonds. The maximum absolute atomic E-state index is 12.2. The fourth-order valence-electron chi connectivity index (χ4n) is 1.83. The number of rotatable bonds is 5. The molecule has 1 aromatic heterocycles. The largest absolute Gasteiger partial charge is 0.447 e. The average Bonchev–Trinajstić information content (AvgIpc) is 2.88. The average molecular weight is 294 g/mol. The molecule has 2 aromatic rings. The molecule has 3 N–H and O–H groups in total. The van der Waals surface area contributed by atoms with Gasteiger partial charge in [-0.1, -0.05) is 29.8 Å². The molecule has 1 heterocycles. The molecular weight excluding hydrogens is 276 g/mol. The molecule has 6 heteroatoms. The predicted octanol–water partition coefficient (Wildman–Crippen LogP) is 2.09. The zero-order valence-corrected chi connectivity index (χ0v) is 12.3. The van der Waals surface area contributed by atoms with Gasteiger partial charge in [-0.15, -0.1) is 0 Å². The van der Waals surface area contributed by atoms with E-state index in [1.54, 1.807) is 13.0 Å². The van der Waals surface area contributed by atoms with Crippen LogP contribution in [0.5, 0.6) is 0 Å². The third-order valence-corrected chi connectivity index (χ3v) is 4.43. The van der Waals surface area contributed by atoms with Crippen molar-refractivity contribution in [2.24, 2.45) is 5.73 Å². The normalized spacial score (nSPS) is 13.3. The van der Waals surface area contributed by atoms with Gasteiger partial charge in [0.15, 0.2) is 0 Å². The molecule has 2 rings (SSSR count). The molecule has 0 aliphatic rings. The highest BCUT2D eigenvalue weighted by molar-refractivity contribution is 7.89. The third kappa shape index (κ3) is 3.27. The first-order valence-electron chi connectivity index (χ1n) is 6.30. The van der Waals surface area contributed by atoms with Crippen LogP contribution < -0.4 is 10.5 Å². The van der Waals surface area contributed by atoms with Crippen molar-refractivity contribution in [1.82, 2.24) is 4.72 Å². The predicted molar refractivity (Wildman–Crippen MR) is 76.5 cm³/mol. The summed E-state index contributed by atoms with van der Waals surface area (Å²) in [6.45, 7) is 3.94. The zero-order chi connectivity index (χ0) is 14.8. The Morgan fingerprint density at radius 3 is 2.40 bits per heavy atom. The molecule has 0 spiro atoms. The lowest BCUT2D eigenvalue weighted by atomic mass is 10.1. The number of nitrogens with two attached hydrogens (primary N) is 1. The minimum atomic E-state index is -3.68. The van der Waals surface area contributed by atoms with E-state index in [9.17, 15) is 8.42 Å². The van der Waals surface area contributed by atoms with Gasteiger partial charge in [0.25, 0.3) is 10.0 Å². The molecule has 1 aromatic carbocycles. The van der Waals surface area contributed by atoms with Crippen LogP contribution in [0.3, 0.4) is 0 Å². The van der Waals surface area contributed by atoms with Crippen LogP contribution in [-0.4, -0.2) is 8.42 Å². The molecule has 108 valence electrons. The Morgan fingerprint density at radius 1 is 1.20 bits per heavy atom. The Balaban J connectivity index is 2.17. The highest BCUT2D eigenvalue weighted by atomic mass is 32.2. The van der Waals surface area contributed by atoms with Crippen LogP contribution in [0.15, 0.2) is 45.9 Å². The molecule has 0 fully saturated rings. The summed E-state index contributed by atoms with van der Waals surface area (Å²) in [5.74, 6) is 0.438. The van der Waals surface area contributed by atoms with Crippen molar-refractivity contribution in [3.05, 3.63) is 53.3 Å². The Kier molecular flexibility index (Phi) is 4.27. The van der Waals surface area contributed by atoms with Gasteiger partial charge in [0, 0.05) is 6.04 Å². The first-order valence-corrected chi connectivity index (χ1v) is 7.78. The van der Waals surface area contributed by atoms with Crippen LogP contribution in [0, 0.1) is 6.92 Å². The molecular formula is C14H18N2O3S.